The Labute approximate surface area is 125 Å². The molecule has 1 fully saturated rings. The Balaban J connectivity index is 2.14. The van der Waals surface area contributed by atoms with Crippen LogP contribution < -0.4 is 5.73 Å². The number of benzene rings is 1. The standard InChI is InChI=1S/C16H24N2OS/c1-3-10-18(12-13-7-4-5-8-14(13)17)15(19)16(2)9-6-11-20-16/h4-5,7-8H,3,6,9-12,17H2,1-2H3. The Kier molecular flexibility index (Phi) is 4.97. The maximum absolute atomic E-state index is 12.8. The molecule has 0 aromatic heterocycles. The molecule has 1 atom stereocenters. The van der Waals surface area contributed by atoms with Crippen molar-refractivity contribution in [3.05, 3.63) is 29.8 Å². The van der Waals surface area contributed by atoms with Crippen molar-refractivity contribution < 1.29 is 4.79 Å². The van der Waals surface area contributed by atoms with E-state index < -0.39 is 0 Å². The van der Waals surface area contributed by atoms with Crippen molar-refractivity contribution in [3.63, 3.8) is 0 Å². The maximum atomic E-state index is 12.8. The first-order valence-electron chi connectivity index (χ1n) is 7.33. The minimum Gasteiger partial charge on any atom is -0.398 e. The summed E-state index contributed by atoms with van der Waals surface area (Å²) in [4.78, 5) is 14.8. The van der Waals surface area contributed by atoms with Crippen LogP contribution in [0.15, 0.2) is 24.3 Å². The number of carbonyl (C=O) groups is 1. The molecule has 0 aliphatic carbocycles. The molecular weight excluding hydrogens is 268 g/mol. The van der Waals surface area contributed by atoms with Crippen LogP contribution in [-0.4, -0.2) is 27.9 Å². The van der Waals surface area contributed by atoms with Crippen LogP contribution in [0.3, 0.4) is 0 Å². The largest absolute Gasteiger partial charge is 0.398 e. The highest BCUT2D eigenvalue weighted by atomic mass is 32.2. The predicted octanol–water partition coefficient (Wildman–Crippen LogP) is 3.29. The lowest BCUT2D eigenvalue weighted by Crippen LogP contribution is -2.43. The number of hydrogen-bond donors (Lipinski definition) is 1. The first kappa shape index (κ1) is 15.2. The molecule has 1 aromatic carbocycles. The summed E-state index contributed by atoms with van der Waals surface area (Å²) in [6, 6.07) is 7.82. The van der Waals surface area contributed by atoms with Crippen LogP contribution in [-0.2, 0) is 11.3 Å². The first-order valence-corrected chi connectivity index (χ1v) is 8.32. The highest BCUT2D eigenvalue weighted by molar-refractivity contribution is 8.01. The van der Waals surface area contributed by atoms with Gasteiger partial charge in [0, 0.05) is 18.8 Å². The molecule has 4 heteroatoms. The van der Waals surface area contributed by atoms with Gasteiger partial charge in [-0.1, -0.05) is 25.1 Å². The topological polar surface area (TPSA) is 46.3 Å². The van der Waals surface area contributed by atoms with Gasteiger partial charge in [0.15, 0.2) is 0 Å². The SMILES string of the molecule is CCCN(Cc1ccccc1N)C(=O)C1(C)CCCS1. The lowest BCUT2D eigenvalue weighted by atomic mass is 10.0. The van der Waals surface area contributed by atoms with Gasteiger partial charge in [-0.05, 0) is 43.6 Å². The van der Waals surface area contributed by atoms with Gasteiger partial charge in [-0.3, -0.25) is 4.79 Å². The predicted molar refractivity (Wildman–Crippen MR) is 86.7 cm³/mol. The summed E-state index contributed by atoms with van der Waals surface area (Å²) < 4.78 is -0.237. The van der Waals surface area contributed by atoms with Crippen molar-refractivity contribution in [2.24, 2.45) is 0 Å². The van der Waals surface area contributed by atoms with E-state index in [0.29, 0.717) is 6.54 Å². The summed E-state index contributed by atoms with van der Waals surface area (Å²) in [6.45, 7) is 5.61. The van der Waals surface area contributed by atoms with Gasteiger partial charge in [0.2, 0.25) is 5.91 Å². The van der Waals surface area contributed by atoms with E-state index in [1.165, 1.54) is 0 Å². The number of carbonyl (C=O) groups excluding carboxylic acids is 1. The smallest absolute Gasteiger partial charge is 0.238 e. The Morgan fingerprint density at radius 1 is 1.45 bits per heavy atom. The van der Waals surface area contributed by atoms with Gasteiger partial charge in [-0.15, -0.1) is 11.8 Å². The van der Waals surface area contributed by atoms with Crippen molar-refractivity contribution in [3.8, 4) is 0 Å². The zero-order valence-corrected chi connectivity index (χ0v) is 13.2. The van der Waals surface area contributed by atoms with E-state index >= 15 is 0 Å². The molecular formula is C16H24N2OS. The Morgan fingerprint density at radius 3 is 2.80 bits per heavy atom. The lowest BCUT2D eigenvalue weighted by Gasteiger charge is -2.31. The van der Waals surface area contributed by atoms with Gasteiger partial charge in [-0.25, -0.2) is 0 Å². The van der Waals surface area contributed by atoms with Crippen molar-refractivity contribution in [2.45, 2.75) is 44.4 Å². The van der Waals surface area contributed by atoms with E-state index in [4.69, 9.17) is 5.73 Å². The summed E-state index contributed by atoms with van der Waals surface area (Å²) in [5.41, 5.74) is 7.82. The number of nitrogens with zero attached hydrogens (tertiary/aromatic N) is 1. The Bertz CT molecular complexity index is 469. The van der Waals surface area contributed by atoms with Gasteiger partial charge in [0.25, 0.3) is 0 Å². The summed E-state index contributed by atoms with van der Waals surface area (Å²) in [5.74, 6) is 1.36. The third-order valence-corrected chi connectivity index (χ3v) is 5.38. The monoisotopic (exact) mass is 292 g/mol. The number of nitrogens with two attached hydrogens (primary N) is 1. The van der Waals surface area contributed by atoms with E-state index in [0.717, 1.165) is 42.8 Å². The fourth-order valence-corrected chi connectivity index (χ4v) is 3.97. The van der Waals surface area contributed by atoms with Gasteiger partial charge in [0.1, 0.15) is 0 Å². The maximum Gasteiger partial charge on any atom is 0.238 e. The number of rotatable bonds is 5. The molecule has 0 bridgehead atoms. The summed E-state index contributed by atoms with van der Waals surface area (Å²) in [7, 11) is 0. The van der Waals surface area contributed by atoms with Crippen LogP contribution in [0.25, 0.3) is 0 Å². The Hall–Kier alpha value is -1.16. The summed E-state index contributed by atoms with van der Waals surface area (Å²) in [5, 5.41) is 0. The minimum atomic E-state index is -0.237. The molecule has 2 rings (SSSR count). The molecule has 1 aliphatic heterocycles. The number of hydrogen-bond acceptors (Lipinski definition) is 3. The number of amides is 1. The van der Waals surface area contributed by atoms with Crippen LogP contribution >= 0.6 is 11.8 Å². The van der Waals surface area contributed by atoms with Crippen LogP contribution in [0, 0.1) is 0 Å². The first-order chi connectivity index (χ1) is 9.57. The lowest BCUT2D eigenvalue weighted by molar-refractivity contribution is -0.134. The van der Waals surface area contributed by atoms with E-state index in [-0.39, 0.29) is 10.7 Å². The second-order valence-corrected chi connectivity index (χ2v) is 7.21. The third-order valence-electron chi connectivity index (χ3n) is 3.87. The number of para-hydroxylation sites is 1. The number of nitrogen functional groups attached to an aromatic ring is 1. The van der Waals surface area contributed by atoms with Crippen LogP contribution in [0.4, 0.5) is 5.69 Å². The second kappa shape index (κ2) is 6.53. The van der Waals surface area contributed by atoms with Crippen molar-refractivity contribution in [1.29, 1.82) is 0 Å². The normalized spacial score (nSPS) is 21.9. The molecule has 3 nitrogen and oxygen atoms in total. The number of thioether (sulfide) groups is 1. The van der Waals surface area contributed by atoms with Crippen LogP contribution in [0.1, 0.15) is 38.7 Å². The van der Waals surface area contributed by atoms with Gasteiger partial charge >= 0.3 is 0 Å². The fraction of sp³-hybridized carbons (Fsp3) is 0.562. The fourth-order valence-electron chi connectivity index (χ4n) is 2.69. The van der Waals surface area contributed by atoms with Crippen molar-refractivity contribution in [2.75, 3.05) is 18.0 Å². The van der Waals surface area contributed by atoms with E-state index in [2.05, 4.69) is 13.8 Å². The average Bonchev–Trinajstić information content (AvgIpc) is 2.88. The molecule has 0 radical (unpaired) electrons. The van der Waals surface area contributed by atoms with E-state index in [1.807, 2.05) is 29.2 Å². The molecule has 20 heavy (non-hydrogen) atoms. The quantitative estimate of drug-likeness (QED) is 0.847. The van der Waals surface area contributed by atoms with Crippen molar-refractivity contribution in [1.82, 2.24) is 4.90 Å². The average molecular weight is 292 g/mol. The van der Waals surface area contributed by atoms with Crippen LogP contribution in [0.2, 0.25) is 0 Å². The van der Waals surface area contributed by atoms with E-state index in [1.54, 1.807) is 11.8 Å². The highest BCUT2D eigenvalue weighted by Gasteiger charge is 2.39. The number of anilines is 1. The van der Waals surface area contributed by atoms with Crippen molar-refractivity contribution >= 4 is 23.4 Å². The van der Waals surface area contributed by atoms with Crippen LogP contribution in [0.5, 0.6) is 0 Å². The summed E-state index contributed by atoms with van der Waals surface area (Å²) >= 11 is 1.80. The molecule has 1 saturated heterocycles. The van der Waals surface area contributed by atoms with Gasteiger partial charge < -0.3 is 10.6 Å². The molecule has 0 spiro atoms. The zero-order valence-electron chi connectivity index (χ0n) is 12.4. The third kappa shape index (κ3) is 3.29. The van der Waals surface area contributed by atoms with E-state index in [9.17, 15) is 4.79 Å². The Morgan fingerprint density at radius 2 is 2.20 bits per heavy atom. The molecule has 2 N–H and O–H groups in total. The van der Waals surface area contributed by atoms with Gasteiger partial charge in [-0.2, -0.15) is 0 Å². The molecule has 110 valence electrons. The molecule has 1 aliphatic rings. The molecule has 1 aromatic rings. The highest BCUT2D eigenvalue weighted by Crippen LogP contribution is 2.39. The second-order valence-electron chi connectivity index (χ2n) is 5.61. The summed E-state index contributed by atoms with van der Waals surface area (Å²) in [6.07, 6.45) is 3.10. The molecule has 1 amide bonds. The zero-order chi connectivity index (χ0) is 14.6. The molecule has 0 saturated carbocycles. The molecule has 1 unspecified atom stereocenters. The molecule has 1 heterocycles. The van der Waals surface area contributed by atoms with Gasteiger partial charge in [0.05, 0.1) is 4.75 Å². The minimum absolute atomic E-state index is 0.237.